The zero-order chi connectivity index (χ0) is 17.2. The average Bonchev–Trinajstić information content (AvgIpc) is 2.89. The van der Waals surface area contributed by atoms with Gasteiger partial charge in [-0.25, -0.2) is 4.98 Å². The molecule has 24 heavy (non-hydrogen) atoms. The Morgan fingerprint density at radius 3 is 2.42 bits per heavy atom. The van der Waals surface area contributed by atoms with Gasteiger partial charge >= 0.3 is 0 Å². The van der Waals surface area contributed by atoms with E-state index in [0.29, 0.717) is 0 Å². The molecule has 0 N–H and O–H groups in total. The lowest BCUT2D eigenvalue weighted by molar-refractivity contribution is 0.393. The van der Waals surface area contributed by atoms with E-state index in [2.05, 4.69) is 61.9 Å². The van der Waals surface area contributed by atoms with Crippen LogP contribution in [0.1, 0.15) is 32.2 Å². The van der Waals surface area contributed by atoms with Crippen molar-refractivity contribution in [1.29, 1.82) is 0 Å². The second-order valence-corrected chi connectivity index (χ2v) is 7.84. The molecule has 124 valence electrons. The Kier molecular flexibility index (Phi) is 4.77. The Morgan fingerprint density at radius 1 is 1.00 bits per heavy atom. The second kappa shape index (κ2) is 6.82. The molecule has 0 saturated carbocycles. The molecule has 0 radical (unpaired) electrons. The molecular formula is C21H23ClN2. The van der Waals surface area contributed by atoms with Crippen LogP contribution in [0, 0.1) is 5.41 Å². The van der Waals surface area contributed by atoms with Gasteiger partial charge in [-0.1, -0.05) is 74.8 Å². The maximum Gasteiger partial charge on any atom is 0.110 e. The molecule has 0 amide bonds. The van der Waals surface area contributed by atoms with E-state index in [-0.39, 0.29) is 5.41 Å². The molecule has 0 fully saturated rings. The lowest BCUT2D eigenvalue weighted by atomic mass is 9.92. The van der Waals surface area contributed by atoms with Crippen molar-refractivity contribution in [2.24, 2.45) is 5.41 Å². The Hall–Kier alpha value is -2.06. The first kappa shape index (κ1) is 16.8. The number of nitrogens with zero attached hydrogens (tertiary/aromatic N) is 2. The molecule has 0 aliphatic rings. The lowest BCUT2D eigenvalue weighted by Crippen LogP contribution is -2.14. The Bertz CT molecular complexity index is 813. The number of hydrogen-bond acceptors (Lipinski definition) is 1. The first-order valence-corrected chi connectivity index (χ1v) is 8.64. The van der Waals surface area contributed by atoms with Crippen molar-refractivity contribution in [3.63, 3.8) is 0 Å². The van der Waals surface area contributed by atoms with Crippen molar-refractivity contribution in [2.75, 3.05) is 0 Å². The summed E-state index contributed by atoms with van der Waals surface area (Å²) in [7, 11) is 0. The van der Waals surface area contributed by atoms with Gasteiger partial charge in [-0.15, -0.1) is 0 Å². The third-order valence-corrected chi connectivity index (χ3v) is 4.10. The first-order chi connectivity index (χ1) is 11.4. The average molecular weight is 339 g/mol. The van der Waals surface area contributed by atoms with Crippen LogP contribution in [0.25, 0.3) is 11.3 Å². The summed E-state index contributed by atoms with van der Waals surface area (Å²) < 4.78 is 2.26. The maximum absolute atomic E-state index is 6.14. The smallest absolute Gasteiger partial charge is 0.110 e. The molecule has 3 heteroatoms. The van der Waals surface area contributed by atoms with E-state index >= 15 is 0 Å². The topological polar surface area (TPSA) is 17.8 Å². The van der Waals surface area contributed by atoms with Crippen LogP contribution in [0.3, 0.4) is 0 Å². The molecule has 3 aromatic rings. The molecule has 0 aliphatic heterocycles. The Morgan fingerprint density at radius 2 is 1.75 bits per heavy atom. The monoisotopic (exact) mass is 338 g/mol. The SMILES string of the molecule is CC(C)(C)Cc1nc(-c2cccc(Cl)c2)cn1Cc1ccccc1. The molecule has 1 aromatic heterocycles. The van der Waals surface area contributed by atoms with Gasteiger partial charge in [-0.05, 0) is 23.1 Å². The third kappa shape index (κ3) is 4.27. The van der Waals surface area contributed by atoms with Crippen molar-refractivity contribution >= 4 is 11.6 Å². The second-order valence-electron chi connectivity index (χ2n) is 7.40. The summed E-state index contributed by atoms with van der Waals surface area (Å²) in [6.07, 6.45) is 3.07. The van der Waals surface area contributed by atoms with E-state index in [1.807, 2.05) is 24.3 Å². The fourth-order valence-electron chi connectivity index (χ4n) is 2.77. The number of hydrogen-bond donors (Lipinski definition) is 0. The van der Waals surface area contributed by atoms with Crippen LogP contribution >= 0.6 is 11.6 Å². The molecule has 0 spiro atoms. The van der Waals surface area contributed by atoms with Crippen LogP contribution in [-0.4, -0.2) is 9.55 Å². The van der Waals surface area contributed by atoms with E-state index < -0.39 is 0 Å². The van der Waals surface area contributed by atoms with Gasteiger partial charge in [0.2, 0.25) is 0 Å². The van der Waals surface area contributed by atoms with Crippen LogP contribution in [-0.2, 0) is 13.0 Å². The summed E-state index contributed by atoms with van der Waals surface area (Å²) in [5.41, 5.74) is 3.51. The fraction of sp³-hybridized carbons (Fsp3) is 0.286. The van der Waals surface area contributed by atoms with Gasteiger partial charge in [0.1, 0.15) is 5.82 Å². The minimum absolute atomic E-state index is 0.186. The third-order valence-electron chi connectivity index (χ3n) is 3.86. The van der Waals surface area contributed by atoms with Crippen molar-refractivity contribution in [1.82, 2.24) is 9.55 Å². The van der Waals surface area contributed by atoms with Gasteiger partial charge in [-0.3, -0.25) is 0 Å². The van der Waals surface area contributed by atoms with E-state index in [1.54, 1.807) is 0 Å². The van der Waals surface area contributed by atoms with Crippen molar-refractivity contribution in [3.05, 3.63) is 77.2 Å². The summed E-state index contributed by atoms with van der Waals surface area (Å²) in [5, 5.41) is 0.738. The van der Waals surface area contributed by atoms with Gasteiger partial charge in [0.25, 0.3) is 0 Å². The molecule has 0 aliphatic carbocycles. The number of benzene rings is 2. The van der Waals surface area contributed by atoms with Gasteiger partial charge in [0, 0.05) is 29.7 Å². The predicted molar refractivity (Wildman–Crippen MR) is 101 cm³/mol. The molecule has 0 atom stereocenters. The normalized spacial score (nSPS) is 11.7. The van der Waals surface area contributed by atoms with Gasteiger partial charge in [-0.2, -0.15) is 0 Å². The molecule has 1 heterocycles. The standard InChI is InChI=1S/C21H23ClN2/c1-21(2,3)13-20-23-19(17-10-7-11-18(22)12-17)15-24(20)14-16-8-5-4-6-9-16/h4-12,15H,13-14H2,1-3H3. The summed E-state index contributed by atoms with van der Waals surface area (Å²) in [6.45, 7) is 7.56. The van der Waals surface area contributed by atoms with Crippen LogP contribution in [0.15, 0.2) is 60.8 Å². The molecule has 2 nitrogen and oxygen atoms in total. The predicted octanol–water partition coefficient (Wildman–Crippen LogP) is 5.84. The molecule has 2 aromatic carbocycles. The summed E-state index contributed by atoms with van der Waals surface area (Å²) in [5.74, 6) is 1.11. The van der Waals surface area contributed by atoms with Crippen LogP contribution < -0.4 is 0 Å². The first-order valence-electron chi connectivity index (χ1n) is 8.27. The zero-order valence-electron chi connectivity index (χ0n) is 14.5. The van der Waals surface area contributed by atoms with Crippen molar-refractivity contribution in [3.8, 4) is 11.3 Å². The minimum atomic E-state index is 0.186. The van der Waals surface area contributed by atoms with Gasteiger partial charge < -0.3 is 4.57 Å². The highest BCUT2D eigenvalue weighted by Gasteiger charge is 2.18. The summed E-state index contributed by atoms with van der Waals surface area (Å²) >= 11 is 6.14. The molecule has 0 unspecified atom stereocenters. The summed E-state index contributed by atoms with van der Waals surface area (Å²) in [6, 6.07) is 18.4. The number of halogens is 1. The number of rotatable bonds is 4. The van der Waals surface area contributed by atoms with E-state index in [1.165, 1.54) is 5.56 Å². The Balaban J connectivity index is 1.99. The van der Waals surface area contributed by atoms with Crippen LogP contribution in [0.4, 0.5) is 0 Å². The highest BCUT2D eigenvalue weighted by Crippen LogP contribution is 2.26. The lowest BCUT2D eigenvalue weighted by Gasteiger charge is -2.18. The fourth-order valence-corrected chi connectivity index (χ4v) is 2.96. The van der Waals surface area contributed by atoms with E-state index in [0.717, 1.165) is 35.1 Å². The zero-order valence-corrected chi connectivity index (χ0v) is 15.2. The number of imidazole rings is 1. The molecular weight excluding hydrogens is 316 g/mol. The molecule has 0 bridgehead atoms. The highest BCUT2D eigenvalue weighted by atomic mass is 35.5. The van der Waals surface area contributed by atoms with Gasteiger partial charge in [0.05, 0.1) is 5.69 Å². The van der Waals surface area contributed by atoms with E-state index in [4.69, 9.17) is 16.6 Å². The summed E-state index contributed by atoms with van der Waals surface area (Å²) in [4.78, 5) is 4.91. The van der Waals surface area contributed by atoms with Crippen molar-refractivity contribution < 1.29 is 0 Å². The van der Waals surface area contributed by atoms with E-state index in [9.17, 15) is 0 Å². The maximum atomic E-state index is 6.14. The molecule has 3 rings (SSSR count). The minimum Gasteiger partial charge on any atom is -0.330 e. The molecule has 0 saturated heterocycles. The highest BCUT2D eigenvalue weighted by molar-refractivity contribution is 6.30. The largest absolute Gasteiger partial charge is 0.330 e. The quantitative estimate of drug-likeness (QED) is 0.584. The van der Waals surface area contributed by atoms with Crippen molar-refractivity contribution in [2.45, 2.75) is 33.7 Å². The van der Waals surface area contributed by atoms with Gasteiger partial charge in [0.15, 0.2) is 0 Å². The van der Waals surface area contributed by atoms with Crippen LogP contribution in [0.2, 0.25) is 5.02 Å². The number of aromatic nitrogens is 2. The Labute approximate surface area is 149 Å². The van der Waals surface area contributed by atoms with Crippen LogP contribution in [0.5, 0.6) is 0 Å².